The van der Waals surface area contributed by atoms with Crippen LogP contribution in [-0.4, -0.2) is 0 Å². The molecule has 0 aliphatic carbocycles. The second-order valence-electron chi connectivity index (χ2n) is 12.2. The molecule has 0 aliphatic heterocycles. The van der Waals surface area contributed by atoms with Crippen molar-refractivity contribution in [1.82, 2.24) is 0 Å². The normalized spacial score (nSPS) is 11.3. The van der Waals surface area contributed by atoms with Crippen molar-refractivity contribution in [3.63, 3.8) is 0 Å². The number of para-hydroxylation sites is 1. The van der Waals surface area contributed by atoms with Crippen molar-refractivity contribution in [1.29, 1.82) is 0 Å². The van der Waals surface area contributed by atoms with Gasteiger partial charge in [0.1, 0.15) is 11.2 Å². The summed E-state index contributed by atoms with van der Waals surface area (Å²) in [6.07, 6.45) is 0. The molecule has 0 radical (unpaired) electrons. The van der Waals surface area contributed by atoms with E-state index in [0.717, 1.165) is 60.9 Å². The van der Waals surface area contributed by atoms with E-state index in [-0.39, 0.29) is 0 Å². The van der Waals surface area contributed by atoms with E-state index >= 15 is 0 Å². The van der Waals surface area contributed by atoms with Gasteiger partial charge in [-0.15, -0.1) is 0 Å². The lowest BCUT2D eigenvalue weighted by atomic mass is 9.96. The Morgan fingerprint density at radius 1 is 0.354 bits per heavy atom. The van der Waals surface area contributed by atoms with Crippen LogP contribution in [0.4, 0.5) is 17.1 Å². The van der Waals surface area contributed by atoms with Gasteiger partial charge in [-0.1, -0.05) is 140 Å². The van der Waals surface area contributed by atoms with E-state index in [1.165, 1.54) is 22.3 Å². The van der Waals surface area contributed by atoms with Gasteiger partial charge in [0.25, 0.3) is 0 Å². The fourth-order valence-electron chi connectivity index (χ4n) is 6.92. The molecule has 226 valence electrons. The number of hydrogen-bond acceptors (Lipinski definition) is 2. The van der Waals surface area contributed by atoms with Crippen LogP contribution < -0.4 is 4.90 Å². The molecule has 0 aliphatic rings. The van der Waals surface area contributed by atoms with Crippen LogP contribution in [0, 0.1) is 0 Å². The summed E-state index contributed by atoms with van der Waals surface area (Å²) in [4.78, 5) is 2.39. The molecule has 0 spiro atoms. The third-order valence-electron chi connectivity index (χ3n) is 9.23. The molecule has 9 rings (SSSR count). The summed E-state index contributed by atoms with van der Waals surface area (Å²) in [7, 11) is 0. The maximum Gasteiger partial charge on any atom is 0.145 e. The maximum atomic E-state index is 6.66. The third-order valence-corrected chi connectivity index (χ3v) is 9.23. The van der Waals surface area contributed by atoms with Crippen LogP contribution in [0.25, 0.3) is 66.1 Å². The van der Waals surface area contributed by atoms with E-state index in [0.29, 0.717) is 0 Å². The summed E-state index contributed by atoms with van der Waals surface area (Å²) in [5.74, 6) is 0. The Labute approximate surface area is 279 Å². The van der Waals surface area contributed by atoms with Crippen molar-refractivity contribution < 1.29 is 4.42 Å². The molecule has 0 unspecified atom stereocenters. The molecule has 0 atom stereocenters. The van der Waals surface area contributed by atoms with Gasteiger partial charge in [-0.05, 0) is 87.3 Å². The van der Waals surface area contributed by atoms with Gasteiger partial charge in [-0.3, -0.25) is 0 Å². The number of fused-ring (bicyclic) bond motifs is 5. The Hall–Kier alpha value is -6.38. The Bertz CT molecular complexity index is 2480. The molecule has 0 fully saturated rings. The van der Waals surface area contributed by atoms with Crippen molar-refractivity contribution in [2.24, 2.45) is 0 Å². The highest BCUT2D eigenvalue weighted by Gasteiger charge is 2.21. The van der Waals surface area contributed by atoms with Gasteiger partial charge in [0.15, 0.2) is 0 Å². The van der Waals surface area contributed by atoms with Crippen LogP contribution in [0.1, 0.15) is 0 Å². The van der Waals surface area contributed by atoms with Crippen molar-refractivity contribution in [2.45, 2.75) is 0 Å². The highest BCUT2D eigenvalue weighted by atomic mass is 16.3. The largest absolute Gasteiger partial charge is 0.455 e. The van der Waals surface area contributed by atoms with Gasteiger partial charge in [-0.2, -0.15) is 0 Å². The SMILES string of the molecule is c1ccc(-c2ccc(N(c3cc(-c4ccccc4)cc(-c4ccccc4)c3)c3cccc4ccc5c6ccccc6oc5c34)cc2)cc1. The fraction of sp³-hybridized carbons (Fsp3) is 0. The standard InChI is InChI=1S/C46H31NO/c1-4-13-32(14-5-1)35-23-26-39(27-24-35)47(40-30-37(33-15-6-2-7-16-33)29-38(31-40)34-17-8-3-9-18-34)43-21-12-19-36-25-28-42-41-20-10-11-22-44(41)48-46(42)45(36)43/h1-31H. The molecule has 0 saturated carbocycles. The Balaban J connectivity index is 1.33. The second-order valence-corrected chi connectivity index (χ2v) is 12.2. The number of rotatable bonds is 6. The predicted octanol–water partition coefficient (Wildman–Crippen LogP) is 13.2. The lowest BCUT2D eigenvalue weighted by Crippen LogP contribution is -2.11. The average molecular weight is 614 g/mol. The Morgan fingerprint density at radius 3 is 1.56 bits per heavy atom. The first-order chi connectivity index (χ1) is 23.8. The van der Waals surface area contributed by atoms with Gasteiger partial charge in [0.05, 0.1) is 5.69 Å². The van der Waals surface area contributed by atoms with Gasteiger partial charge < -0.3 is 9.32 Å². The van der Waals surface area contributed by atoms with Gasteiger partial charge in [-0.25, -0.2) is 0 Å². The third kappa shape index (κ3) is 4.92. The lowest BCUT2D eigenvalue weighted by molar-refractivity contribution is 0.672. The van der Waals surface area contributed by atoms with Crippen LogP contribution in [0.5, 0.6) is 0 Å². The van der Waals surface area contributed by atoms with E-state index in [4.69, 9.17) is 4.42 Å². The number of anilines is 3. The summed E-state index contributed by atoms with van der Waals surface area (Å²) >= 11 is 0. The zero-order chi connectivity index (χ0) is 31.9. The highest BCUT2D eigenvalue weighted by molar-refractivity contribution is 6.19. The summed E-state index contributed by atoms with van der Waals surface area (Å²) in [5, 5.41) is 4.46. The lowest BCUT2D eigenvalue weighted by Gasteiger charge is -2.28. The first kappa shape index (κ1) is 27.9. The molecular weight excluding hydrogens is 583 g/mol. The van der Waals surface area contributed by atoms with Crippen LogP contribution in [0.3, 0.4) is 0 Å². The van der Waals surface area contributed by atoms with Crippen LogP contribution in [0.15, 0.2) is 192 Å². The number of benzene rings is 8. The molecular formula is C46H31NO. The van der Waals surface area contributed by atoms with Crippen LogP contribution >= 0.6 is 0 Å². The van der Waals surface area contributed by atoms with Gasteiger partial charge >= 0.3 is 0 Å². The monoisotopic (exact) mass is 613 g/mol. The number of nitrogens with zero attached hydrogens (tertiary/aromatic N) is 1. The zero-order valence-corrected chi connectivity index (χ0v) is 26.3. The summed E-state index contributed by atoms with van der Waals surface area (Å²) in [6, 6.07) is 66.9. The van der Waals surface area contributed by atoms with E-state index < -0.39 is 0 Å². The molecule has 0 N–H and O–H groups in total. The van der Waals surface area contributed by atoms with Gasteiger partial charge in [0.2, 0.25) is 0 Å². The molecule has 1 aromatic heterocycles. The van der Waals surface area contributed by atoms with E-state index in [1.54, 1.807) is 0 Å². The van der Waals surface area contributed by atoms with E-state index in [9.17, 15) is 0 Å². The van der Waals surface area contributed by atoms with Crippen molar-refractivity contribution in [3.8, 4) is 33.4 Å². The first-order valence-electron chi connectivity index (χ1n) is 16.3. The fourth-order valence-corrected chi connectivity index (χ4v) is 6.92. The van der Waals surface area contributed by atoms with Gasteiger partial charge in [0, 0.05) is 27.5 Å². The smallest absolute Gasteiger partial charge is 0.145 e. The van der Waals surface area contributed by atoms with Crippen molar-refractivity contribution in [3.05, 3.63) is 188 Å². The minimum Gasteiger partial charge on any atom is -0.455 e. The number of furan rings is 1. The van der Waals surface area contributed by atoms with Crippen molar-refractivity contribution in [2.75, 3.05) is 4.90 Å². The minimum atomic E-state index is 0.894. The summed E-state index contributed by atoms with van der Waals surface area (Å²) < 4.78 is 6.66. The molecule has 2 heteroatoms. The minimum absolute atomic E-state index is 0.894. The molecule has 48 heavy (non-hydrogen) atoms. The van der Waals surface area contributed by atoms with Crippen molar-refractivity contribution >= 4 is 49.8 Å². The predicted molar refractivity (Wildman–Crippen MR) is 202 cm³/mol. The molecule has 9 aromatic rings. The molecule has 0 bridgehead atoms. The molecule has 0 saturated heterocycles. The topological polar surface area (TPSA) is 16.4 Å². The van der Waals surface area contributed by atoms with Crippen LogP contribution in [0.2, 0.25) is 0 Å². The molecule has 0 amide bonds. The Morgan fingerprint density at radius 2 is 0.917 bits per heavy atom. The maximum absolute atomic E-state index is 6.66. The molecule has 1 heterocycles. The highest BCUT2D eigenvalue weighted by Crippen LogP contribution is 2.45. The first-order valence-corrected chi connectivity index (χ1v) is 16.3. The quantitative estimate of drug-likeness (QED) is 0.185. The van der Waals surface area contributed by atoms with Crippen LogP contribution in [-0.2, 0) is 0 Å². The summed E-state index contributed by atoms with van der Waals surface area (Å²) in [5.41, 5.74) is 12.0. The summed E-state index contributed by atoms with van der Waals surface area (Å²) in [6.45, 7) is 0. The average Bonchev–Trinajstić information content (AvgIpc) is 3.55. The zero-order valence-electron chi connectivity index (χ0n) is 26.3. The second kappa shape index (κ2) is 11.8. The number of hydrogen-bond donors (Lipinski definition) is 0. The molecule has 8 aromatic carbocycles. The van der Waals surface area contributed by atoms with E-state index in [2.05, 4.69) is 187 Å². The Kier molecular flexibility index (Phi) is 6.84. The van der Waals surface area contributed by atoms with E-state index in [1.807, 2.05) is 6.07 Å². The molecule has 2 nitrogen and oxygen atoms in total.